The van der Waals surface area contributed by atoms with E-state index in [2.05, 4.69) is 31.0 Å². The van der Waals surface area contributed by atoms with Gasteiger partial charge in [-0.2, -0.15) is 10.4 Å². The Kier molecular flexibility index (Phi) is 7.40. The smallest absolute Gasteiger partial charge is 0.404 e. The summed E-state index contributed by atoms with van der Waals surface area (Å²) in [5.41, 5.74) is 1.23. The number of halogens is 1. The molecule has 0 bridgehead atoms. The molecule has 0 aromatic carbocycles. The van der Waals surface area contributed by atoms with Crippen LogP contribution in [0.25, 0.3) is 5.69 Å². The lowest BCUT2D eigenvalue weighted by atomic mass is 9.98. The molecule has 3 aromatic rings. The van der Waals surface area contributed by atoms with Crippen molar-refractivity contribution in [1.29, 1.82) is 5.26 Å². The van der Waals surface area contributed by atoms with E-state index in [1.165, 1.54) is 0 Å². The number of carbonyl (C=O) groups is 1. The number of hydrogen-bond acceptors (Lipinski definition) is 7. The summed E-state index contributed by atoms with van der Waals surface area (Å²) in [7, 11) is 0. The number of carboxylic acid groups (broad SMARTS) is 1. The second-order valence-corrected chi connectivity index (χ2v) is 7.95. The zero-order valence-corrected chi connectivity index (χ0v) is 18.5. The van der Waals surface area contributed by atoms with Crippen molar-refractivity contribution in [2.75, 3.05) is 10.6 Å². The minimum Gasteiger partial charge on any atom is -0.465 e. The van der Waals surface area contributed by atoms with Crippen LogP contribution in [0.5, 0.6) is 0 Å². The van der Waals surface area contributed by atoms with Gasteiger partial charge >= 0.3 is 6.09 Å². The molecule has 0 aliphatic carbocycles. The fourth-order valence-electron chi connectivity index (χ4n) is 3.32. The standard InChI is InChI=1S/C22H25FN8O2/c1-13(2)7-19(14(3)27-22(32)33)29-21-18(23)8-15(10-24)20(30-21)28-16-9-17(12-25-11-16)31-6-4-5-26-31/h4-6,8-9,11-14,19,27H,7H2,1-3H3,(H,32,33)(H2,28,29,30)/t14-,19-/m0/s1. The van der Waals surface area contributed by atoms with E-state index in [0.29, 0.717) is 17.8 Å². The Morgan fingerprint density at radius 2 is 2.06 bits per heavy atom. The van der Waals surface area contributed by atoms with E-state index in [-0.39, 0.29) is 23.1 Å². The maximum Gasteiger partial charge on any atom is 0.404 e. The van der Waals surface area contributed by atoms with Gasteiger partial charge in [-0.1, -0.05) is 13.8 Å². The van der Waals surface area contributed by atoms with Crippen molar-refractivity contribution in [1.82, 2.24) is 25.1 Å². The highest BCUT2D eigenvalue weighted by atomic mass is 19.1. The Morgan fingerprint density at radius 1 is 1.27 bits per heavy atom. The first-order valence-corrected chi connectivity index (χ1v) is 10.4. The Hall–Kier alpha value is -4.20. The zero-order valence-electron chi connectivity index (χ0n) is 18.5. The summed E-state index contributed by atoms with van der Waals surface area (Å²) in [5.74, 6) is -0.437. The van der Waals surface area contributed by atoms with Gasteiger partial charge < -0.3 is 21.1 Å². The third-order valence-electron chi connectivity index (χ3n) is 4.85. The molecule has 0 unspecified atom stereocenters. The van der Waals surface area contributed by atoms with E-state index >= 15 is 0 Å². The minimum absolute atomic E-state index is 0.0136. The largest absolute Gasteiger partial charge is 0.465 e. The molecular weight excluding hydrogens is 427 g/mol. The molecule has 0 fully saturated rings. The van der Waals surface area contributed by atoms with Crippen LogP contribution in [0.15, 0.2) is 43.0 Å². The van der Waals surface area contributed by atoms with E-state index < -0.39 is 24.0 Å². The molecule has 11 heteroatoms. The Labute approximate surface area is 190 Å². The molecule has 0 spiro atoms. The summed E-state index contributed by atoms with van der Waals surface area (Å²) in [5, 5.41) is 31.1. The number of pyridine rings is 2. The Morgan fingerprint density at radius 3 is 2.70 bits per heavy atom. The summed E-state index contributed by atoms with van der Waals surface area (Å²) in [4.78, 5) is 19.6. The predicted molar refractivity (Wildman–Crippen MR) is 121 cm³/mol. The van der Waals surface area contributed by atoms with Crippen LogP contribution in [0, 0.1) is 23.1 Å². The van der Waals surface area contributed by atoms with Gasteiger partial charge in [-0.15, -0.1) is 0 Å². The summed E-state index contributed by atoms with van der Waals surface area (Å²) in [6, 6.07) is 5.64. The molecule has 0 saturated carbocycles. The fourth-order valence-corrected chi connectivity index (χ4v) is 3.32. The van der Waals surface area contributed by atoms with Crippen molar-refractivity contribution in [3.8, 4) is 11.8 Å². The van der Waals surface area contributed by atoms with Crippen molar-refractivity contribution < 1.29 is 14.3 Å². The van der Waals surface area contributed by atoms with Gasteiger partial charge in [0.15, 0.2) is 17.5 Å². The molecular formula is C22H25FN8O2. The first-order chi connectivity index (χ1) is 15.8. The van der Waals surface area contributed by atoms with Gasteiger partial charge in [-0.25, -0.2) is 18.9 Å². The van der Waals surface area contributed by atoms with Crippen LogP contribution in [0.4, 0.5) is 26.5 Å². The number of amides is 1. The van der Waals surface area contributed by atoms with Crippen LogP contribution in [0.2, 0.25) is 0 Å². The first kappa shape index (κ1) is 23.5. The normalized spacial score (nSPS) is 12.6. The number of rotatable bonds is 9. The van der Waals surface area contributed by atoms with Crippen LogP contribution in [0.3, 0.4) is 0 Å². The van der Waals surface area contributed by atoms with E-state index in [9.17, 15) is 14.4 Å². The lowest BCUT2D eigenvalue weighted by Crippen LogP contribution is -2.45. The lowest BCUT2D eigenvalue weighted by molar-refractivity contribution is 0.188. The highest BCUT2D eigenvalue weighted by Gasteiger charge is 2.23. The molecule has 10 nitrogen and oxygen atoms in total. The van der Waals surface area contributed by atoms with Gasteiger partial charge in [-0.3, -0.25) is 4.98 Å². The van der Waals surface area contributed by atoms with Gasteiger partial charge in [0.05, 0.1) is 29.3 Å². The number of aromatic nitrogens is 4. The van der Waals surface area contributed by atoms with Crippen LogP contribution < -0.4 is 16.0 Å². The Balaban J connectivity index is 1.90. The minimum atomic E-state index is -1.17. The monoisotopic (exact) mass is 452 g/mol. The second-order valence-electron chi connectivity index (χ2n) is 7.95. The highest BCUT2D eigenvalue weighted by Crippen LogP contribution is 2.25. The maximum atomic E-state index is 14.8. The molecule has 0 aliphatic rings. The van der Waals surface area contributed by atoms with Crippen LogP contribution in [0.1, 0.15) is 32.8 Å². The van der Waals surface area contributed by atoms with Crippen molar-refractivity contribution in [2.45, 2.75) is 39.3 Å². The molecule has 3 rings (SSSR count). The van der Waals surface area contributed by atoms with Gasteiger partial charge in [0.1, 0.15) is 6.07 Å². The van der Waals surface area contributed by atoms with Crippen molar-refractivity contribution in [2.24, 2.45) is 5.92 Å². The number of nitriles is 1. The Bertz CT molecular complexity index is 1140. The molecule has 33 heavy (non-hydrogen) atoms. The SMILES string of the molecule is CC(C)C[C@H](Nc1nc(Nc2cncc(-n3cccn3)c2)c(C#N)cc1F)[C@H](C)NC(=O)O. The molecule has 0 radical (unpaired) electrons. The number of hydrogen-bond donors (Lipinski definition) is 4. The topological polar surface area (TPSA) is 141 Å². The van der Waals surface area contributed by atoms with Crippen molar-refractivity contribution in [3.05, 3.63) is 54.4 Å². The van der Waals surface area contributed by atoms with Gasteiger partial charge in [-0.05, 0) is 37.5 Å². The number of anilines is 3. The van der Waals surface area contributed by atoms with Crippen LogP contribution in [-0.2, 0) is 0 Å². The number of nitrogens with one attached hydrogen (secondary N) is 3. The van der Waals surface area contributed by atoms with Crippen LogP contribution >= 0.6 is 0 Å². The molecule has 3 aromatic heterocycles. The van der Waals surface area contributed by atoms with E-state index in [1.54, 1.807) is 48.5 Å². The third kappa shape index (κ3) is 6.16. The third-order valence-corrected chi connectivity index (χ3v) is 4.85. The van der Waals surface area contributed by atoms with Gasteiger partial charge in [0.25, 0.3) is 0 Å². The summed E-state index contributed by atoms with van der Waals surface area (Å²) in [6.07, 6.45) is 5.98. The van der Waals surface area contributed by atoms with E-state index in [0.717, 1.165) is 6.07 Å². The summed E-state index contributed by atoms with van der Waals surface area (Å²) < 4.78 is 16.4. The molecule has 3 heterocycles. The molecule has 0 aliphatic heterocycles. The van der Waals surface area contributed by atoms with E-state index in [4.69, 9.17) is 5.11 Å². The molecule has 2 atom stereocenters. The van der Waals surface area contributed by atoms with Crippen molar-refractivity contribution in [3.63, 3.8) is 0 Å². The average Bonchev–Trinajstić information content (AvgIpc) is 3.29. The molecule has 4 N–H and O–H groups in total. The molecule has 172 valence electrons. The molecule has 0 saturated heterocycles. The van der Waals surface area contributed by atoms with Gasteiger partial charge in [0, 0.05) is 24.5 Å². The highest BCUT2D eigenvalue weighted by molar-refractivity contribution is 5.66. The van der Waals surface area contributed by atoms with E-state index in [1.807, 2.05) is 19.9 Å². The average molecular weight is 452 g/mol. The van der Waals surface area contributed by atoms with Gasteiger partial charge in [0.2, 0.25) is 0 Å². The fraction of sp³-hybridized carbons (Fsp3) is 0.318. The lowest BCUT2D eigenvalue weighted by Gasteiger charge is -2.27. The maximum absolute atomic E-state index is 14.8. The quantitative estimate of drug-likeness (QED) is 0.383. The van der Waals surface area contributed by atoms with Crippen molar-refractivity contribution >= 4 is 23.4 Å². The first-order valence-electron chi connectivity index (χ1n) is 10.4. The zero-order chi connectivity index (χ0) is 24.0. The summed E-state index contributed by atoms with van der Waals surface area (Å²) >= 11 is 0. The second kappa shape index (κ2) is 10.4. The number of nitrogens with zero attached hydrogens (tertiary/aromatic N) is 5. The molecule has 1 amide bonds. The summed E-state index contributed by atoms with van der Waals surface area (Å²) in [6.45, 7) is 5.66. The predicted octanol–water partition coefficient (Wildman–Crippen LogP) is 3.90. The van der Waals surface area contributed by atoms with Crippen LogP contribution in [-0.4, -0.2) is 43.0 Å².